The van der Waals surface area contributed by atoms with Gasteiger partial charge in [-0.15, -0.1) is 0 Å². The SMILES string of the molecule is Cc1ccc(-c2ccc3nc(-c4ccc5c(c4)C4(c6ccccc6-c6ccccc64)c4cc(-c6cc(C(C)(C)C)cc(C(C)(C)C)c6)ccc4-5)ccc3c2)cc1. The molecule has 0 unspecified atom stereocenters. The van der Waals surface area contributed by atoms with Gasteiger partial charge in [0.25, 0.3) is 0 Å². The number of fused-ring (bicyclic) bond motifs is 11. The van der Waals surface area contributed by atoms with Crippen molar-refractivity contribution in [3.05, 3.63) is 197 Å². The standard InChI is InChI=1S/C55H47N/c1-34-16-18-35(19-17-34)36-22-26-51-38(28-36)23-27-52(56-51)39-21-25-46-45-24-20-37(40-29-41(53(2,3)4)33-42(30-40)54(5,6)7)31-49(45)55(50(46)32-39)47-14-10-8-12-43(47)44-13-9-11-15-48(44)55/h8-33H,1-7H3. The third-order valence-electron chi connectivity index (χ3n) is 12.5. The number of hydrogen-bond donors (Lipinski definition) is 0. The molecule has 0 N–H and O–H groups in total. The van der Waals surface area contributed by atoms with Crippen molar-refractivity contribution in [3.8, 4) is 55.8 Å². The molecule has 0 aliphatic heterocycles. The van der Waals surface area contributed by atoms with E-state index in [1.807, 2.05) is 0 Å². The molecule has 2 aliphatic rings. The molecule has 272 valence electrons. The van der Waals surface area contributed by atoms with Crippen LogP contribution in [0.4, 0.5) is 0 Å². The van der Waals surface area contributed by atoms with E-state index in [9.17, 15) is 0 Å². The molecule has 1 heterocycles. The first-order valence-electron chi connectivity index (χ1n) is 20.0. The van der Waals surface area contributed by atoms with Crippen molar-refractivity contribution in [2.45, 2.75) is 64.7 Å². The summed E-state index contributed by atoms with van der Waals surface area (Å²) in [5.41, 5.74) is 22.3. The highest BCUT2D eigenvalue weighted by atomic mass is 14.7. The minimum absolute atomic E-state index is 0.0319. The Balaban J connectivity index is 1.17. The summed E-state index contributed by atoms with van der Waals surface area (Å²) in [6.45, 7) is 16.1. The van der Waals surface area contributed by atoms with Crippen LogP contribution < -0.4 is 0 Å². The summed E-state index contributed by atoms with van der Waals surface area (Å²) in [5.74, 6) is 0. The molecular weight excluding hydrogens is 675 g/mol. The average Bonchev–Trinajstić information content (AvgIpc) is 3.66. The van der Waals surface area contributed by atoms with E-state index in [1.54, 1.807) is 0 Å². The van der Waals surface area contributed by atoms with Crippen molar-refractivity contribution in [3.63, 3.8) is 0 Å². The zero-order valence-electron chi connectivity index (χ0n) is 33.5. The second kappa shape index (κ2) is 12.2. The Morgan fingerprint density at radius 3 is 1.50 bits per heavy atom. The fraction of sp³-hybridized carbons (Fsp3) is 0.182. The lowest BCUT2D eigenvalue weighted by atomic mass is 9.70. The Bertz CT molecular complexity index is 2800. The molecule has 0 saturated carbocycles. The van der Waals surface area contributed by atoms with Crippen LogP contribution in [0.25, 0.3) is 66.7 Å². The molecule has 8 aromatic rings. The van der Waals surface area contributed by atoms with Gasteiger partial charge in [0.05, 0.1) is 16.6 Å². The molecule has 1 spiro atoms. The maximum atomic E-state index is 5.28. The number of benzene rings is 7. The topological polar surface area (TPSA) is 12.9 Å². The van der Waals surface area contributed by atoms with Crippen molar-refractivity contribution in [2.24, 2.45) is 0 Å². The first kappa shape index (κ1) is 34.4. The highest BCUT2D eigenvalue weighted by molar-refractivity contribution is 5.97. The highest BCUT2D eigenvalue weighted by Crippen LogP contribution is 2.63. The molecule has 2 aliphatic carbocycles. The number of aryl methyl sites for hydroxylation is 1. The van der Waals surface area contributed by atoms with Crippen LogP contribution in [-0.2, 0) is 16.2 Å². The third-order valence-corrected chi connectivity index (χ3v) is 12.5. The van der Waals surface area contributed by atoms with Crippen LogP contribution in [0.3, 0.4) is 0 Å². The largest absolute Gasteiger partial charge is 0.248 e. The van der Waals surface area contributed by atoms with Crippen molar-refractivity contribution in [1.82, 2.24) is 4.98 Å². The number of nitrogens with zero attached hydrogens (tertiary/aromatic N) is 1. The van der Waals surface area contributed by atoms with E-state index < -0.39 is 5.41 Å². The predicted octanol–water partition coefficient (Wildman–Crippen LogP) is 14.5. The molecule has 56 heavy (non-hydrogen) atoms. The van der Waals surface area contributed by atoms with Gasteiger partial charge in [0.2, 0.25) is 0 Å². The van der Waals surface area contributed by atoms with Crippen molar-refractivity contribution in [2.75, 3.05) is 0 Å². The second-order valence-electron chi connectivity index (χ2n) is 18.1. The lowest BCUT2D eigenvalue weighted by Gasteiger charge is -2.31. The second-order valence-corrected chi connectivity index (χ2v) is 18.1. The summed E-state index contributed by atoms with van der Waals surface area (Å²) in [5, 5.41) is 1.15. The molecule has 0 amide bonds. The molecule has 0 bridgehead atoms. The Morgan fingerprint density at radius 1 is 0.393 bits per heavy atom. The summed E-state index contributed by atoms with van der Waals surface area (Å²) in [4.78, 5) is 5.28. The van der Waals surface area contributed by atoms with Gasteiger partial charge in [-0.25, -0.2) is 4.98 Å². The predicted molar refractivity (Wildman–Crippen MR) is 236 cm³/mol. The van der Waals surface area contributed by atoms with Gasteiger partial charge in [-0.05, 0) is 126 Å². The van der Waals surface area contributed by atoms with E-state index in [2.05, 4.69) is 206 Å². The van der Waals surface area contributed by atoms with E-state index in [1.165, 1.54) is 83.5 Å². The van der Waals surface area contributed by atoms with Gasteiger partial charge in [0.1, 0.15) is 0 Å². The first-order chi connectivity index (χ1) is 26.9. The molecule has 0 atom stereocenters. The Hall–Kier alpha value is -6.05. The van der Waals surface area contributed by atoms with Crippen molar-refractivity contribution < 1.29 is 0 Å². The molecule has 10 rings (SSSR count). The normalized spacial score (nSPS) is 13.8. The summed E-state index contributed by atoms with van der Waals surface area (Å²) in [6, 6.07) is 59.6. The minimum Gasteiger partial charge on any atom is -0.248 e. The van der Waals surface area contributed by atoms with Crippen molar-refractivity contribution >= 4 is 10.9 Å². The Labute approximate surface area is 331 Å². The fourth-order valence-corrected chi connectivity index (χ4v) is 9.35. The summed E-state index contributed by atoms with van der Waals surface area (Å²) >= 11 is 0. The van der Waals surface area contributed by atoms with Crippen LogP contribution >= 0.6 is 0 Å². The fourth-order valence-electron chi connectivity index (χ4n) is 9.35. The van der Waals surface area contributed by atoms with E-state index in [0.29, 0.717) is 0 Å². The third kappa shape index (κ3) is 5.25. The van der Waals surface area contributed by atoms with E-state index in [-0.39, 0.29) is 10.8 Å². The van der Waals surface area contributed by atoms with E-state index >= 15 is 0 Å². The quantitative estimate of drug-likeness (QED) is 0.177. The molecule has 0 radical (unpaired) electrons. The molecule has 0 fully saturated rings. The molecule has 1 aromatic heterocycles. The molecular formula is C55H47N. The number of pyridine rings is 1. The zero-order valence-corrected chi connectivity index (χ0v) is 33.5. The lowest BCUT2D eigenvalue weighted by Crippen LogP contribution is -2.26. The zero-order chi connectivity index (χ0) is 38.6. The van der Waals surface area contributed by atoms with E-state index in [0.717, 1.165) is 22.2 Å². The monoisotopic (exact) mass is 721 g/mol. The van der Waals surface area contributed by atoms with Crippen LogP contribution in [0.5, 0.6) is 0 Å². The van der Waals surface area contributed by atoms with Crippen LogP contribution in [0.15, 0.2) is 158 Å². The summed E-state index contributed by atoms with van der Waals surface area (Å²) < 4.78 is 0. The summed E-state index contributed by atoms with van der Waals surface area (Å²) in [6.07, 6.45) is 0. The molecule has 0 saturated heterocycles. The van der Waals surface area contributed by atoms with E-state index in [4.69, 9.17) is 4.98 Å². The molecule has 1 nitrogen and oxygen atoms in total. The van der Waals surface area contributed by atoms with Gasteiger partial charge >= 0.3 is 0 Å². The summed E-state index contributed by atoms with van der Waals surface area (Å²) in [7, 11) is 0. The minimum atomic E-state index is -0.460. The van der Waals surface area contributed by atoms with Crippen LogP contribution in [0.2, 0.25) is 0 Å². The van der Waals surface area contributed by atoms with Gasteiger partial charge in [-0.1, -0.05) is 174 Å². The molecule has 1 heteroatoms. The highest BCUT2D eigenvalue weighted by Gasteiger charge is 2.51. The van der Waals surface area contributed by atoms with Gasteiger partial charge < -0.3 is 0 Å². The number of hydrogen-bond acceptors (Lipinski definition) is 1. The maximum absolute atomic E-state index is 5.28. The van der Waals surface area contributed by atoms with Gasteiger partial charge in [-0.3, -0.25) is 0 Å². The smallest absolute Gasteiger partial charge is 0.0725 e. The number of rotatable bonds is 3. The van der Waals surface area contributed by atoms with Gasteiger partial charge in [-0.2, -0.15) is 0 Å². The van der Waals surface area contributed by atoms with Gasteiger partial charge in [0, 0.05) is 10.9 Å². The van der Waals surface area contributed by atoms with Crippen LogP contribution in [0, 0.1) is 6.92 Å². The van der Waals surface area contributed by atoms with Crippen LogP contribution in [0.1, 0.15) is 80.5 Å². The first-order valence-corrected chi connectivity index (χ1v) is 20.0. The average molecular weight is 722 g/mol. The van der Waals surface area contributed by atoms with Crippen LogP contribution in [-0.4, -0.2) is 4.98 Å². The lowest BCUT2D eigenvalue weighted by molar-refractivity contribution is 0.569. The molecule has 7 aromatic carbocycles. The van der Waals surface area contributed by atoms with Crippen molar-refractivity contribution in [1.29, 1.82) is 0 Å². The maximum Gasteiger partial charge on any atom is 0.0725 e. The Kier molecular flexibility index (Phi) is 7.52. The van der Waals surface area contributed by atoms with Gasteiger partial charge in [0.15, 0.2) is 0 Å². The number of aromatic nitrogens is 1. The Morgan fingerprint density at radius 2 is 0.893 bits per heavy atom.